The summed E-state index contributed by atoms with van der Waals surface area (Å²) in [6, 6.07) is 0. The van der Waals surface area contributed by atoms with Gasteiger partial charge in [-0.25, -0.2) is 0 Å². The molecule has 3 nitrogen and oxygen atoms in total. The molecule has 1 amide bonds. The Kier molecular flexibility index (Phi) is 6.69. The third-order valence-electron chi connectivity index (χ3n) is 4.10. The molecule has 3 heteroatoms. The number of amides is 1. The second-order valence-corrected chi connectivity index (χ2v) is 5.84. The van der Waals surface area contributed by atoms with Gasteiger partial charge in [-0.3, -0.25) is 4.79 Å². The van der Waals surface area contributed by atoms with Crippen molar-refractivity contribution in [3.8, 4) is 0 Å². The van der Waals surface area contributed by atoms with E-state index in [0.29, 0.717) is 5.91 Å². The molecule has 1 atom stereocenters. The summed E-state index contributed by atoms with van der Waals surface area (Å²) in [4.78, 5) is 14.5. The minimum absolute atomic E-state index is 0.0365. The number of carbonyl (C=O) groups excluding carboxylic acids is 1. The van der Waals surface area contributed by atoms with Crippen LogP contribution in [0.2, 0.25) is 0 Å². The van der Waals surface area contributed by atoms with Crippen molar-refractivity contribution in [3.05, 3.63) is 0 Å². The van der Waals surface area contributed by atoms with Crippen molar-refractivity contribution in [2.24, 2.45) is 0 Å². The molecule has 106 valence electrons. The number of nitrogens with one attached hydrogen (secondary N) is 1. The van der Waals surface area contributed by atoms with Gasteiger partial charge in [0.05, 0.1) is 5.54 Å². The Hall–Kier alpha value is -0.570. The van der Waals surface area contributed by atoms with E-state index in [9.17, 15) is 4.79 Å². The molecule has 0 aromatic heterocycles. The van der Waals surface area contributed by atoms with Gasteiger partial charge in [0.2, 0.25) is 5.91 Å². The molecule has 1 unspecified atom stereocenters. The molecule has 1 N–H and O–H groups in total. The Labute approximate surface area is 112 Å². The van der Waals surface area contributed by atoms with Gasteiger partial charge in [-0.2, -0.15) is 0 Å². The molecule has 1 fully saturated rings. The average Bonchev–Trinajstić information content (AvgIpc) is 2.35. The Morgan fingerprint density at radius 2 is 2.06 bits per heavy atom. The minimum Gasteiger partial charge on any atom is -0.336 e. The topological polar surface area (TPSA) is 32.3 Å². The third-order valence-corrected chi connectivity index (χ3v) is 4.10. The van der Waals surface area contributed by atoms with Crippen molar-refractivity contribution in [2.45, 2.75) is 70.8 Å². The zero-order valence-corrected chi connectivity index (χ0v) is 12.4. The molecule has 0 spiro atoms. The number of hydrogen-bond donors (Lipinski definition) is 1. The third kappa shape index (κ3) is 4.27. The molecule has 0 radical (unpaired) electrons. The van der Waals surface area contributed by atoms with E-state index in [1.807, 2.05) is 7.05 Å². The molecule has 1 heterocycles. The number of unbranched alkanes of at least 4 members (excludes halogenated alkanes) is 3. The van der Waals surface area contributed by atoms with E-state index in [0.717, 1.165) is 32.4 Å². The summed E-state index contributed by atoms with van der Waals surface area (Å²) in [6.45, 7) is 6.29. The largest absolute Gasteiger partial charge is 0.336 e. The number of rotatable bonds is 7. The van der Waals surface area contributed by atoms with Crippen molar-refractivity contribution in [1.29, 1.82) is 0 Å². The molecule has 0 bridgehead atoms. The molecule has 1 aliphatic rings. The lowest BCUT2D eigenvalue weighted by Gasteiger charge is -2.45. The van der Waals surface area contributed by atoms with Crippen LogP contribution in [0, 0.1) is 0 Å². The van der Waals surface area contributed by atoms with E-state index in [1.165, 1.54) is 32.1 Å². The van der Waals surface area contributed by atoms with Crippen molar-refractivity contribution in [3.63, 3.8) is 0 Å². The quantitative estimate of drug-likeness (QED) is 0.708. The van der Waals surface area contributed by atoms with Crippen molar-refractivity contribution in [1.82, 2.24) is 10.2 Å². The van der Waals surface area contributed by atoms with E-state index < -0.39 is 0 Å². The first-order valence-electron chi connectivity index (χ1n) is 7.59. The number of carbonyl (C=O) groups is 1. The molecule has 0 aromatic carbocycles. The van der Waals surface area contributed by atoms with Crippen LogP contribution >= 0.6 is 0 Å². The fraction of sp³-hybridized carbons (Fsp3) is 0.933. The van der Waals surface area contributed by atoms with Crippen LogP contribution < -0.4 is 5.32 Å². The van der Waals surface area contributed by atoms with Crippen LogP contribution in [0.3, 0.4) is 0 Å². The smallest absolute Gasteiger partial charge is 0.223 e. The second kappa shape index (κ2) is 7.78. The Balaban J connectivity index is 2.47. The summed E-state index contributed by atoms with van der Waals surface area (Å²) in [5.41, 5.74) is 0.0365. The predicted octanol–water partition coefficient (Wildman–Crippen LogP) is 2.95. The van der Waals surface area contributed by atoms with E-state index in [4.69, 9.17) is 0 Å². The lowest BCUT2D eigenvalue weighted by molar-refractivity contribution is -0.139. The van der Waals surface area contributed by atoms with Crippen LogP contribution in [0.1, 0.15) is 65.2 Å². The maximum Gasteiger partial charge on any atom is 0.223 e. The number of hydrogen-bond acceptors (Lipinski definition) is 2. The van der Waals surface area contributed by atoms with Gasteiger partial charge < -0.3 is 10.2 Å². The molecule has 1 saturated heterocycles. The van der Waals surface area contributed by atoms with Gasteiger partial charge >= 0.3 is 0 Å². The van der Waals surface area contributed by atoms with Gasteiger partial charge in [-0.05, 0) is 39.7 Å². The molecule has 0 aliphatic carbocycles. The summed E-state index contributed by atoms with van der Waals surface area (Å²) < 4.78 is 0. The van der Waals surface area contributed by atoms with Crippen LogP contribution in [0.15, 0.2) is 0 Å². The summed E-state index contributed by atoms with van der Waals surface area (Å²) in [7, 11) is 1.98. The number of likely N-dealkylation sites (tertiary alicyclic amines) is 1. The molecule has 18 heavy (non-hydrogen) atoms. The number of nitrogens with zero attached hydrogens (tertiary/aromatic N) is 1. The van der Waals surface area contributed by atoms with E-state index >= 15 is 0 Å². The number of piperidine rings is 1. The fourth-order valence-electron chi connectivity index (χ4n) is 3.01. The van der Waals surface area contributed by atoms with Gasteiger partial charge in [0.15, 0.2) is 0 Å². The van der Waals surface area contributed by atoms with Crippen LogP contribution in [-0.2, 0) is 4.79 Å². The molecular formula is C15H30N2O. The standard InChI is InChI=1S/C15H30N2O/c1-4-5-6-7-10-14(18)17-12-9-8-11-15(17,2)13-16-3/h16H,4-13H2,1-3H3. The predicted molar refractivity (Wildman–Crippen MR) is 76.7 cm³/mol. The van der Waals surface area contributed by atoms with Gasteiger partial charge in [0.25, 0.3) is 0 Å². The Bertz CT molecular complexity index is 251. The minimum atomic E-state index is 0.0365. The van der Waals surface area contributed by atoms with Gasteiger partial charge in [-0.1, -0.05) is 26.2 Å². The highest BCUT2D eigenvalue weighted by atomic mass is 16.2. The highest BCUT2D eigenvalue weighted by molar-refractivity contribution is 5.77. The van der Waals surface area contributed by atoms with Crippen LogP contribution in [0.4, 0.5) is 0 Å². The lowest BCUT2D eigenvalue weighted by Crippen LogP contribution is -2.57. The van der Waals surface area contributed by atoms with Gasteiger partial charge in [-0.15, -0.1) is 0 Å². The fourth-order valence-corrected chi connectivity index (χ4v) is 3.01. The summed E-state index contributed by atoms with van der Waals surface area (Å²) in [6.07, 6.45) is 9.01. The monoisotopic (exact) mass is 254 g/mol. The lowest BCUT2D eigenvalue weighted by atomic mass is 9.87. The molecule has 1 rings (SSSR count). The average molecular weight is 254 g/mol. The second-order valence-electron chi connectivity index (χ2n) is 5.84. The number of likely N-dealkylation sites (N-methyl/N-ethyl adjacent to an activating group) is 1. The summed E-state index contributed by atoms with van der Waals surface area (Å²) in [5.74, 6) is 0.364. The summed E-state index contributed by atoms with van der Waals surface area (Å²) in [5, 5.41) is 3.25. The van der Waals surface area contributed by atoms with E-state index in [1.54, 1.807) is 0 Å². The zero-order valence-electron chi connectivity index (χ0n) is 12.4. The van der Waals surface area contributed by atoms with E-state index in [-0.39, 0.29) is 5.54 Å². The molecule has 0 saturated carbocycles. The molecule has 1 aliphatic heterocycles. The van der Waals surface area contributed by atoms with Crippen molar-refractivity contribution in [2.75, 3.05) is 20.1 Å². The summed E-state index contributed by atoms with van der Waals surface area (Å²) >= 11 is 0. The first-order valence-corrected chi connectivity index (χ1v) is 7.59. The van der Waals surface area contributed by atoms with Crippen LogP contribution in [0.5, 0.6) is 0 Å². The SMILES string of the molecule is CCCCCCC(=O)N1CCCCC1(C)CNC. The normalized spacial score (nSPS) is 24.3. The van der Waals surface area contributed by atoms with Gasteiger partial charge in [0.1, 0.15) is 0 Å². The zero-order chi connectivity index (χ0) is 13.4. The Morgan fingerprint density at radius 3 is 2.72 bits per heavy atom. The highest BCUT2D eigenvalue weighted by Crippen LogP contribution is 2.28. The van der Waals surface area contributed by atoms with E-state index in [2.05, 4.69) is 24.1 Å². The maximum absolute atomic E-state index is 12.3. The van der Waals surface area contributed by atoms with Crippen LogP contribution in [-0.4, -0.2) is 36.5 Å². The van der Waals surface area contributed by atoms with Crippen molar-refractivity contribution < 1.29 is 4.79 Å². The molecular weight excluding hydrogens is 224 g/mol. The van der Waals surface area contributed by atoms with Crippen LogP contribution in [0.25, 0.3) is 0 Å². The first-order chi connectivity index (χ1) is 8.64. The molecule has 0 aromatic rings. The first kappa shape index (κ1) is 15.5. The maximum atomic E-state index is 12.3. The highest BCUT2D eigenvalue weighted by Gasteiger charge is 2.36. The Morgan fingerprint density at radius 1 is 1.28 bits per heavy atom. The van der Waals surface area contributed by atoms with Gasteiger partial charge in [0, 0.05) is 19.5 Å². The van der Waals surface area contributed by atoms with Crippen molar-refractivity contribution >= 4 is 5.91 Å².